The van der Waals surface area contributed by atoms with E-state index in [9.17, 15) is 0 Å². The molecular weight excluding hydrogens is 256 g/mol. The van der Waals surface area contributed by atoms with Gasteiger partial charge in [0.1, 0.15) is 0 Å². The van der Waals surface area contributed by atoms with Crippen molar-refractivity contribution in [1.82, 2.24) is 0 Å². The van der Waals surface area contributed by atoms with Crippen LogP contribution in [-0.2, 0) is 15.2 Å². The number of allylic oxidation sites excluding steroid dienone is 7. The fraction of sp³-hybridized carbons (Fsp3) is 0.529. The molecule has 0 fully saturated rings. The molecule has 1 rings (SSSR count). The van der Waals surface area contributed by atoms with Gasteiger partial charge in [-0.3, -0.25) is 0 Å². The number of rotatable bonds is 3. The van der Waals surface area contributed by atoms with E-state index in [1.807, 2.05) is 0 Å². The zero-order valence-electron chi connectivity index (χ0n) is 13.1. The minimum absolute atomic E-state index is 0.260. The maximum atomic E-state index is 2.42. The molecule has 100 valence electrons. The average molecular weight is 282 g/mol. The quantitative estimate of drug-likeness (QED) is 0.592. The predicted molar refractivity (Wildman–Crippen MR) is 78.0 cm³/mol. The molecule has 0 spiro atoms. The SMILES string of the molecule is CC(C)=CC(C)=[CH][Cr][C]1=C(C)C(C)=C(C)C1(C)C. The molecule has 0 radical (unpaired) electrons. The number of hydrogen-bond acceptors (Lipinski definition) is 0. The molecule has 0 N–H and O–H groups in total. The third kappa shape index (κ3) is 3.08. The molecule has 0 aromatic carbocycles. The van der Waals surface area contributed by atoms with Crippen molar-refractivity contribution in [2.24, 2.45) is 5.41 Å². The Kier molecular flexibility index (Phi) is 4.87. The van der Waals surface area contributed by atoms with Gasteiger partial charge >= 0.3 is 119 Å². The van der Waals surface area contributed by atoms with Crippen molar-refractivity contribution in [3.05, 3.63) is 43.3 Å². The van der Waals surface area contributed by atoms with Crippen LogP contribution in [0.4, 0.5) is 0 Å². The first-order valence-corrected chi connectivity index (χ1v) is 7.93. The zero-order chi connectivity index (χ0) is 14.1. The van der Waals surface area contributed by atoms with Gasteiger partial charge in [-0.05, 0) is 0 Å². The van der Waals surface area contributed by atoms with Gasteiger partial charge in [-0.25, -0.2) is 0 Å². The standard InChI is InChI=1S/C10H15.C7H11.Cr/c1-7-6-10(4,5)9(3)8(7)2;1-6(2)5-7(3)4;/h1-5H3;1,5H,2-4H3;. The first-order chi connectivity index (χ1) is 8.17. The van der Waals surface area contributed by atoms with Gasteiger partial charge in [0.2, 0.25) is 0 Å². The Hall–Kier alpha value is -0.508. The van der Waals surface area contributed by atoms with Crippen LogP contribution in [0.25, 0.3) is 0 Å². The third-order valence-corrected chi connectivity index (χ3v) is 6.26. The van der Waals surface area contributed by atoms with E-state index in [4.69, 9.17) is 0 Å². The van der Waals surface area contributed by atoms with Gasteiger partial charge in [-0.15, -0.1) is 0 Å². The van der Waals surface area contributed by atoms with Crippen LogP contribution >= 0.6 is 0 Å². The summed E-state index contributed by atoms with van der Waals surface area (Å²) in [6, 6.07) is 0. The van der Waals surface area contributed by atoms with Crippen LogP contribution in [0.1, 0.15) is 55.4 Å². The molecule has 18 heavy (non-hydrogen) atoms. The molecule has 0 unspecified atom stereocenters. The van der Waals surface area contributed by atoms with Crippen LogP contribution in [0.2, 0.25) is 0 Å². The molecule has 0 aromatic heterocycles. The monoisotopic (exact) mass is 282 g/mol. The second-order valence-electron chi connectivity index (χ2n) is 6.03. The second-order valence-corrected chi connectivity index (χ2v) is 7.40. The molecule has 1 heteroatoms. The second kappa shape index (κ2) is 5.64. The summed E-state index contributed by atoms with van der Waals surface area (Å²) >= 11 is 0.461. The molecule has 1 aliphatic carbocycles. The zero-order valence-corrected chi connectivity index (χ0v) is 14.3. The molecule has 0 aliphatic heterocycles. The fourth-order valence-electron chi connectivity index (χ4n) is 2.44. The Morgan fingerprint density at radius 2 is 1.56 bits per heavy atom. The van der Waals surface area contributed by atoms with Gasteiger partial charge in [-0.2, -0.15) is 0 Å². The molecule has 1 aliphatic rings. The predicted octanol–water partition coefficient (Wildman–Crippen LogP) is 5.59. The van der Waals surface area contributed by atoms with Crippen LogP contribution in [-0.4, -0.2) is 0 Å². The van der Waals surface area contributed by atoms with Crippen molar-refractivity contribution >= 4 is 0 Å². The summed E-state index contributed by atoms with van der Waals surface area (Å²) in [5.74, 6) is 0. The van der Waals surface area contributed by atoms with E-state index in [2.05, 4.69) is 66.4 Å². The first kappa shape index (κ1) is 15.5. The molecule has 0 atom stereocenters. The van der Waals surface area contributed by atoms with Gasteiger partial charge in [0.05, 0.1) is 0 Å². The van der Waals surface area contributed by atoms with Crippen LogP contribution in [0.15, 0.2) is 43.3 Å². The fourth-order valence-corrected chi connectivity index (χ4v) is 4.23. The van der Waals surface area contributed by atoms with Crippen molar-refractivity contribution in [3.63, 3.8) is 0 Å². The summed E-state index contributed by atoms with van der Waals surface area (Å²) < 4.78 is 1.64. The van der Waals surface area contributed by atoms with Gasteiger partial charge in [0.25, 0.3) is 0 Å². The summed E-state index contributed by atoms with van der Waals surface area (Å²) in [5.41, 5.74) is 7.61. The van der Waals surface area contributed by atoms with Crippen molar-refractivity contribution in [3.8, 4) is 0 Å². The molecule has 0 saturated carbocycles. The summed E-state index contributed by atoms with van der Waals surface area (Å²) in [7, 11) is 0. The van der Waals surface area contributed by atoms with E-state index < -0.39 is 0 Å². The van der Waals surface area contributed by atoms with E-state index in [-0.39, 0.29) is 5.41 Å². The van der Waals surface area contributed by atoms with E-state index >= 15 is 0 Å². The Morgan fingerprint density at radius 3 is 1.94 bits per heavy atom. The molecule has 0 nitrogen and oxygen atoms in total. The number of hydrogen-bond donors (Lipinski definition) is 0. The maximum absolute atomic E-state index is 2.42. The van der Waals surface area contributed by atoms with Gasteiger partial charge in [0, 0.05) is 0 Å². The van der Waals surface area contributed by atoms with Gasteiger partial charge in [-0.1, -0.05) is 0 Å². The van der Waals surface area contributed by atoms with E-state index in [0.29, 0.717) is 15.2 Å². The van der Waals surface area contributed by atoms with E-state index in [0.717, 1.165) is 0 Å². The minimum atomic E-state index is 0.260. The summed E-state index contributed by atoms with van der Waals surface area (Å²) in [6.45, 7) is 18.1. The van der Waals surface area contributed by atoms with E-state index in [1.54, 1.807) is 10.0 Å². The Labute approximate surface area is 119 Å². The molecule has 0 aromatic rings. The van der Waals surface area contributed by atoms with Crippen molar-refractivity contribution in [2.45, 2.75) is 55.4 Å². The van der Waals surface area contributed by atoms with Gasteiger partial charge in [0.15, 0.2) is 0 Å². The van der Waals surface area contributed by atoms with Gasteiger partial charge < -0.3 is 0 Å². The van der Waals surface area contributed by atoms with Crippen LogP contribution in [0, 0.1) is 5.41 Å². The van der Waals surface area contributed by atoms with Crippen molar-refractivity contribution in [1.29, 1.82) is 0 Å². The average Bonchev–Trinajstić information content (AvgIpc) is 2.37. The first-order valence-electron chi connectivity index (χ1n) is 6.56. The molecule has 0 saturated heterocycles. The van der Waals surface area contributed by atoms with Crippen LogP contribution in [0.3, 0.4) is 0 Å². The van der Waals surface area contributed by atoms with E-state index in [1.165, 1.54) is 22.3 Å². The Balaban J connectivity index is 2.98. The normalized spacial score (nSPS) is 19.7. The molecule has 0 amide bonds. The third-order valence-electron chi connectivity index (χ3n) is 3.85. The summed E-state index contributed by atoms with van der Waals surface area (Å²) in [5, 5.41) is 0. The topological polar surface area (TPSA) is 0 Å². The Morgan fingerprint density at radius 1 is 1.00 bits per heavy atom. The molecular formula is C17H26Cr. The van der Waals surface area contributed by atoms with Crippen molar-refractivity contribution in [2.75, 3.05) is 0 Å². The van der Waals surface area contributed by atoms with Crippen LogP contribution in [0.5, 0.6) is 0 Å². The van der Waals surface area contributed by atoms with Crippen molar-refractivity contribution < 1.29 is 15.2 Å². The molecule has 0 heterocycles. The summed E-state index contributed by atoms with van der Waals surface area (Å²) in [6.07, 6.45) is 2.27. The molecule has 0 bridgehead atoms. The Bertz CT molecular complexity index is 464. The summed E-state index contributed by atoms with van der Waals surface area (Å²) in [4.78, 5) is 2.42. The van der Waals surface area contributed by atoms with Crippen LogP contribution < -0.4 is 0 Å².